The highest BCUT2D eigenvalue weighted by Crippen LogP contribution is 2.33. The van der Waals surface area contributed by atoms with E-state index in [4.69, 9.17) is 0 Å². The highest BCUT2D eigenvalue weighted by molar-refractivity contribution is 5.14. The molecule has 0 aliphatic heterocycles. The lowest BCUT2D eigenvalue weighted by Crippen LogP contribution is -2.37. The van der Waals surface area contributed by atoms with Crippen molar-refractivity contribution in [2.24, 2.45) is 5.92 Å². The molecule has 0 aromatic heterocycles. The van der Waals surface area contributed by atoms with Crippen LogP contribution in [0.25, 0.3) is 0 Å². The Bertz CT molecular complexity index is 238. The van der Waals surface area contributed by atoms with Gasteiger partial charge in [-0.05, 0) is 57.4 Å². The molecule has 0 aromatic rings. The van der Waals surface area contributed by atoms with Gasteiger partial charge in [-0.3, -0.25) is 0 Å². The molecule has 2 aliphatic rings. The second-order valence-electron chi connectivity index (χ2n) is 5.85. The van der Waals surface area contributed by atoms with E-state index in [-0.39, 0.29) is 0 Å². The molecule has 1 heteroatoms. The molecule has 0 bridgehead atoms. The minimum absolute atomic E-state index is 0.718. The van der Waals surface area contributed by atoms with Crippen LogP contribution in [0.4, 0.5) is 0 Å². The molecule has 1 unspecified atom stereocenters. The molecule has 1 atom stereocenters. The van der Waals surface area contributed by atoms with Crippen LogP contribution in [0.3, 0.4) is 0 Å². The normalized spacial score (nSPS) is 24.4. The first-order valence-corrected chi connectivity index (χ1v) is 7.84. The number of hydrogen-bond acceptors (Lipinski definition) is 1. The Morgan fingerprint density at radius 2 is 2.00 bits per heavy atom. The van der Waals surface area contributed by atoms with Gasteiger partial charge in [0.15, 0.2) is 0 Å². The van der Waals surface area contributed by atoms with E-state index in [1.807, 2.05) is 0 Å². The molecule has 98 valence electrons. The second kappa shape index (κ2) is 7.20. The molecular formula is C16H29N. The van der Waals surface area contributed by atoms with Gasteiger partial charge in [-0.25, -0.2) is 0 Å². The van der Waals surface area contributed by atoms with Gasteiger partial charge in [0.25, 0.3) is 0 Å². The van der Waals surface area contributed by atoms with Gasteiger partial charge in [-0.15, -0.1) is 0 Å². The van der Waals surface area contributed by atoms with Crippen molar-refractivity contribution in [2.75, 3.05) is 6.54 Å². The Morgan fingerprint density at radius 3 is 2.76 bits per heavy atom. The third-order valence-corrected chi connectivity index (χ3v) is 4.46. The molecule has 2 aliphatic carbocycles. The molecule has 17 heavy (non-hydrogen) atoms. The van der Waals surface area contributed by atoms with Gasteiger partial charge in [-0.1, -0.05) is 37.8 Å². The molecular weight excluding hydrogens is 206 g/mol. The van der Waals surface area contributed by atoms with Gasteiger partial charge in [-0.2, -0.15) is 0 Å². The standard InChI is InChI=1S/C16H29N/c1-2-13-17-16(15-11-7-8-12-15)14-9-5-3-4-6-10-14/h9,15-17H,2-8,10-13H2,1H3. The van der Waals surface area contributed by atoms with Crippen LogP contribution in [0.1, 0.15) is 71.1 Å². The monoisotopic (exact) mass is 235 g/mol. The molecule has 1 saturated carbocycles. The summed E-state index contributed by atoms with van der Waals surface area (Å²) < 4.78 is 0. The van der Waals surface area contributed by atoms with Crippen molar-refractivity contribution in [3.63, 3.8) is 0 Å². The molecule has 2 rings (SSSR count). The van der Waals surface area contributed by atoms with Crippen LogP contribution in [-0.2, 0) is 0 Å². The van der Waals surface area contributed by atoms with Crippen molar-refractivity contribution in [1.82, 2.24) is 5.32 Å². The minimum Gasteiger partial charge on any atom is -0.310 e. The van der Waals surface area contributed by atoms with E-state index in [1.54, 1.807) is 5.57 Å². The number of allylic oxidation sites excluding steroid dienone is 1. The molecule has 0 saturated heterocycles. The summed E-state index contributed by atoms with van der Waals surface area (Å²) in [7, 11) is 0. The Hall–Kier alpha value is -0.300. The maximum absolute atomic E-state index is 3.84. The molecule has 0 radical (unpaired) electrons. The molecule has 1 nitrogen and oxygen atoms in total. The molecule has 0 heterocycles. The third kappa shape index (κ3) is 3.84. The van der Waals surface area contributed by atoms with Crippen molar-refractivity contribution in [2.45, 2.75) is 77.2 Å². The van der Waals surface area contributed by atoms with E-state index < -0.39 is 0 Å². The van der Waals surface area contributed by atoms with Gasteiger partial charge in [0.2, 0.25) is 0 Å². The first-order valence-electron chi connectivity index (χ1n) is 7.84. The fraction of sp³-hybridized carbons (Fsp3) is 0.875. The quantitative estimate of drug-likeness (QED) is 0.695. The Labute approximate surface area is 107 Å². The average molecular weight is 235 g/mol. The zero-order valence-electron chi connectivity index (χ0n) is 11.5. The first-order chi connectivity index (χ1) is 8.42. The Balaban J connectivity index is 1.99. The second-order valence-corrected chi connectivity index (χ2v) is 5.85. The molecule has 0 spiro atoms. The minimum atomic E-state index is 0.718. The molecule has 1 N–H and O–H groups in total. The third-order valence-electron chi connectivity index (χ3n) is 4.46. The van der Waals surface area contributed by atoms with Gasteiger partial charge >= 0.3 is 0 Å². The van der Waals surface area contributed by atoms with E-state index >= 15 is 0 Å². The summed E-state index contributed by atoms with van der Waals surface area (Å²) in [6.45, 7) is 3.47. The van der Waals surface area contributed by atoms with Crippen LogP contribution in [0.5, 0.6) is 0 Å². The maximum Gasteiger partial charge on any atom is 0.0307 e. The summed E-state index contributed by atoms with van der Waals surface area (Å²) >= 11 is 0. The van der Waals surface area contributed by atoms with Crippen molar-refractivity contribution < 1.29 is 0 Å². The van der Waals surface area contributed by atoms with Crippen molar-refractivity contribution in [3.05, 3.63) is 11.6 Å². The lowest BCUT2D eigenvalue weighted by Gasteiger charge is -2.27. The van der Waals surface area contributed by atoms with Crippen molar-refractivity contribution in [1.29, 1.82) is 0 Å². The van der Waals surface area contributed by atoms with E-state index in [0.29, 0.717) is 0 Å². The zero-order valence-corrected chi connectivity index (χ0v) is 11.5. The van der Waals surface area contributed by atoms with Gasteiger partial charge in [0.1, 0.15) is 0 Å². The van der Waals surface area contributed by atoms with E-state index in [9.17, 15) is 0 Å². The van der Waals surface area contributed by atoms with Crippen LogP contribution in [-0.4, -0.2) is 12.6 Å². The molecule has 0 aromatic carbocycles. The van der Waals surface area contributed by atoms with E-state index in [0.717, 1.165) is 12.0 Å². The van der Waals surface area contributed by atoms with Gasteiger partial charge < -0.3 is 5.32 Å². The van der Waals surface area contributed by atoms with Crippen molar-refractivity contribution >= 4 is 0 Å². The van der Waals surface area contributed by atoms with Gasteiger partial charge in [0.05, 0.1) is 0 Å². The van der Waals surface area contributed by atoms with Gasteiger partial charge in [0, 0.05) is 6.04 Å². The summed E-state index contributed by atoms with van der Waals surface area (Å²) in [5, 5.41) is 3.84. The predicted octanol–water partition coefficient (Wildman–Crippen LogP) is 4.44. The highest BCUT2D eigenvalue weighted by Gasteiger charge is 2.27. The lowest BCUT2D eigenvalue weighted by atomic mass is 9.89. The van der Waals surface area contributed by atoms with E-state index in [2.05, 4.69) is 18.3 Å². The SMILES string of the molecule is CCCNC(C1=CCCCCC1)C1CCCC1. The summed E-state index contributed by atoms with van der Waals surface area (Å²) in [5.41, 5.74) is 1.75. The predicted molar refractivity (Wildman–Crippen MR) is 75.2 cm³/mol. The summed E-state index contributed by atoms with van der Waals surface area (Å²) in [5.74, 6) is 0.936. The summed E-state index contributed by atoms with van der Waals surface area (Å²) in [4.78, 5) is 0. The Morgan fingerprint density at radius 1 is 1.18 bits per heavy atom. The van der Waals surface area contributed by atoms with Crippen LogP contribution in [0.15, 0.2) is 11.6 Å². The fourth-order valence-electron chi connectivity index (χ4n) is 3.51. The van der Waals surface area contributed by atoms with Crippen LogP contribution in [0.2, 0.25) is 0 Å². The topological polar surface area (TPSA) is 12.0 Å². The van der Waals surface area contributed by atoms with Crippen molar-refractivity contribution in [3.8, 4) is 0 Å². The summed E-state index contributed by atoms with van der Waals surface area (Å²) in [6, 6.07) is 0.718. The van der Waals surface area contributed by atoms with E-state index in [1.165, 1.54) is 70.8 Å². The van der Waals surface area contributed by atoms with Crippen LogP contribution < -0.4 is 5.32 Å². The number of nitrogens with one attached hydrogen (secondary N) is 1. The van der Waals surface area contributed by atoms with Crippen LogP contribution >= 0.6 is 0 Å². The highest BCUT2D eigenvalue weighted by atomic mass is 14.9. The Kier molecular flexibility index (Phi) is 5.57. The number of hydrogen-bond donors (Lipinski definition) is 1. The first kappa shape index (κ1) is 13.1. The average Bonchev–Trinajstić information content (AvgIpc) is 2.73. The smallest absolute Gasteiger partial charge is 0.0307 e. The zero-order chi connectivity index (χ0) is 11.9. The lowest BCUT2D eigenvalue weighted by molar-refractivity contribution is 0.390. The molecule has 0 amide bonds. The van der Waals surface area contributed by atoms with Crippen LogP contribution in [0, 0.1) is 5.92 Å². The largest absolute Gasteiger partial charge is 0.310 e. The fourth-order valence-corrected chi connectivity index (χ4v) is 3.51. The maximum atomic E-state index is 3.84. The summed E-state index contributed by atoms with van der Waals surface area (Å²) in [6.07, 6.45) is 16.6. The number of rotatable bonds is 5. The molecule has 1 fully saturated rings.